The summed E-state index contributed by atoms with van der Waals surface area (Å²) in [5, 5.41) is 8.84. The average molecular weight is 259 g/mol. The number of aryl methyl sites for hydroxylation is 1. The molecule has 0 amide bonds. The Bertz CT molecular complexity index is 523. The molecule has 1 aromatic heterocycles. The molecule has 86 valence electrons. The Balaban J connectivity index is 2.25. The molecule has 17 heavy (non-hydrogen) atoms. The summed E-state index contributed by atoms with van der Waals surface area (Å²) in [5.74, 6) is 0. The molecule has 0 saturated heterocycles. The van der Waals surface area contributed by atoms with Crippen molar-refractivity contribution in [3.63, 3.8) is 0 Å². The Morgan fingerprint density at radius 2 is 2.06 bits per heavy atom. The lowest BCUT2D eigenvalue weighted by atomic mass is 10.2. The zero-order valence-electron chi connectivity index (χ0n) is 9.64. The van der Waals surface area contributed by atoms with Gasteiger partial charge < -0.3 is 0 Å². The molecule has 1 heterocycles. The quantitative estimate of drug-likeness (QED) is 0.805. The van der Waals surface area contributed by atoms with Crippen molar-refractivity contribution in [1.82, 2.24) is 0 Å². The lowest BCUT2D eigenvalue weighted by Gasteiger charge is -1.99. The molecule has 0 atom stereocenters. The number of nitrogens with zero attached hydrogens (tertiary/aromatic N) is 1. The summed E-state index contributed by atoms with van der Waals surface area (Å²) in [5.41, 5.74) is 1.17. The van der Waals surface area contributed by atoms with Crippen LogP contribution in [0.5, 0.6) is 0 Å². The summed E-state index contributed by atoms with van der Waals surface area (Å²) < 4.78 is 1.26. The van der Waals surface area contributed by atoms with Crippen molar-refractivity contribution in [2.24, 2.45) is 0 Å². The SMILES string of the molecule is CCc1cc(CC#N)c(Sc2ccccc2)s1. The predicted molar refractivity (Wildman–Crippen MR) is 73.6 cm³/mol. The molecule has 0 aliphatic heterocycles. The highest BCUT2D eigenvalue weighted by Gasteiger charge is 2.09. The molecular formula is C14H13NS2. The minimum Gasteiger partial charge on any atom is -0.198 e. The Labute approximate surface area is 110 Å². The van der Waals surface area contributed by atoms with Gasteiger partial charge in [0.25, 0.3) is 0 Å². The molecule has 0 N–H and O–H groups in total. The van der Waals surface area contributed by atoms with E-state index < -0.39 is 0 Å². The predicted octanol–water partition coefficient (Wildman–Crippen LogP) is 4.53. The number of benzene rings is 1. The fourth-order valence-electron chi connectivity index (χ4n) is 1.53. The minimum atomic E-state index is 0.506. The van der Waals surface area contributed by atoms with Crippen molar-refractivity contribution in [3.8, 4) is 6.07 Å². The van der Waals surface area contributed by atoms with Crippen LogP contribution in [0.1, 0.15) is 17.4 Å². The van der Waals surface area contributed by atoms with Crippen LogP contribution in [-0.2, 0) is 12.8 Å². The van der Waals surface area contributed by atoms with Gasteiger partial charge in [-0.1, -0.05) is 36.9 Å². The molecule has 0 fully saturated rings. The van der Waals surface area contributed by atoms with Gasteiger partial charge in [-0.2, -0.15) is 5.26 Å². The Kier molecular flexibility index (Phi) is 4.24. The smallest absolute Gasteiger partial charge is 0.0691 e. The molecular weight excluding hydrogens is 246 g/mol. The van der Waals surface area contributed by atoms with E-state index in [9.17, 15) is 0 Å². The lowest BCUT2D eigenvalue weighted by molar-refractivity contribution is 1.17. The molecule has 0 aliphatic rings. The van der Waals surface area contributed by atoms with Crippen molar-refractivity contribution in [2.75, 3.05) is 0 Å². The minimum absolute atomic E-state index is 0.506. The summed E-state index contributed by atoms with van der Waals surface area (Å²) in [7, 11) is 0. The summed E-state index contributed by atoms with van der Waals surface area (Å²) in [6.07, 6.45) is 1.55. The highest BCUT2D eigenvalue weighted by molar-refractivity contribution is 8.01. The maximum Gasteiger partial charge on any atom is 0.0691 e. The van der Waals surface area contributed by atoms with Crippen LogP contribution in [0.2, 0.25) is 0 Å². The van der Waals surface area contributed by atoms with E-state index in [1.807, 2.05) is 18.2 Å². The van der Waals surface area contributed by atoms with Crippen LogP contribution < -0.4 is 0 Å². The van der Waals surface area contributed by atoms with Crippen LogP contribution in [0.15, 0.2) is 45.5 Å². The summed E-state index contributed by atoms with van der Waals surface area (Å²) in [6.45, 7) is 2.15. The van der Waals surface area contributed by atoms with Crippen LogP contribution >= 0.6 is 23.1 Å². The summed E-state index contributed by atoms with van der Waals surface area (Å²) in [6, 6.07) is 14.7. The molecule has 1 aromatic carbocycles. The molecule has 3 heteroatoms. The molecule has 2 rings (SSSR count). The van der Waals surface area contributed by atoms with Crippen LogP contribution in [0.25, 0.3) is 0 Å². The normalized spacial score (nSPS) is 10.1. The third-order valence-electron chi connectivity index (χ3n) is 2.39. The lowest BCUT2D eigenvalue weighted by Crippen LogP contribution is -1.79. The van der Waals surface area contributed by atoms with E-state index in [-0.39, 0.29) is 0 Å². The number of hydrogen-bond acceptors (Lipinski definition) is 3. The van der Waals surface area contributed by atoms with Crippen LogP contribution in [-0.4, -0.2) is 0 Å². The Hall–Kier alpha value is -1.24. The summed E-state index contributed by atoms with van der Waals surface area (Å²) >= 11 is 3.56. The molecule has 0 bridgehead atoms. The number of hydrogen-bond donors (Lipinski definition) is 0. The maximum absolute atomic E-state index is 8.84. The Morgan fingerprint density at radius 1 is 1.29 bits per heavy atom. The van der Waals surface area contributed by atoms with Gasteiger partial charge >= 0.3 is 0 Å². The number of thiophene rings is 1. The Morgan fingerprint density at radius 3 is 2.71 bits per heavy atom. The van der Waals surface area contributed by atoms with Gasteiger partial charge in [0.15, 0.2) is 0 Å². The van der Waals surface area contributed by atoms with E-state index in [0.29, 0.717) is 6.42 Å². The first kappa shape index (κ1) is 12.2. The first-order chi connectivity index (χ1) is 8.33. The molecule has 0 radical (unpaired) electrons. The third kappa shape index (κ3) is 3.12. The molecule has 0 saturated carbocycles. The number of nitriles is 1. The van der Waals surface area contributed by atoms with Crippen molar-refractivity contribution in [2.45, 2.75) is 28.9 Å². The fraction of sp³-hybridized carbons (Fsp3) is 0.214. The van der Waals surface area contributed by atoms with Gasteiger partial charge in [0.05, 0.1) is 16.7 Å². The molecule has 0 spiro atoms. The molecule has 0 unspecified atom stereocenters. The fourth-order valence-corrected chi connectivity index (χ4v) is 3.92. The maximum atomic E-state index is 8.84. The van der Waals surface area contributed by atoms with Gasteiger partial charge in [-0.05, 0) is 30.2 Å². The second-order valence-corrected chi connectivity index (χ2v) is 6.11. The monoisotopic (exact) mass is 259 g/mol. The van der Waals surface area contributed by atoms with Gasteiger partial charge in [0, 0.05) is 9.77 Å². The average Bonchev–Trinajstić information content (AvgIpc) is 2.74. The zero-order chi connectivity index (χ0) is 12.1. The first-order valence-electron chi connectivity index (χ1n) is 5.55. The van der Waals surface area contributed by atoms with Gasteiger partial charge in [-0.3, -0.25) is 0 Å². The highest BCUT2D eigenvalue weighted by Crippen LogP contribution is 2.37. The second kappa shape index (κ2) is 5.90. The van der Waals surface area contributed by atoms with Gasteiger partial charge in [0.1, 0.15) is 0 Å². The standard InChI is InChI=1S/C14H13NS2/c1-2-12-10-11(8-9-15)14(16-12)17-13-6-4-3-5-7-13/h3-7,10H,2,8H2,1H3. The van der Waals surface area contributed by atoms with Crippen LogP contribution in [0.4, 0.5) is 0 Å². The van der Waals surface area contributed by atoms with Crippen molar-refractivity contribution in [3.05, 3.63) is 46.8 Å². The van der Waals surface area contributed by atoms with E-state index in [1.165, 1.54) is 19.5 Å². The highest BCUT2D eigenvalue weighted by atomic mass is 32.2. The van der Waals surface area contributed by atoms with Crippen molar-refractivity contribution in [1.29, 1.82) is 5.26 Å². The van der Waals surface area contributed by atoms with Crippen molar-refractivity contribution < 1.29 is 0 Å². The summed E-state index contributed by atoms with van der Waals surface area (Å²) in [4.78, 5) is 2.59. The van der Waals surface area contributed by atoms with Gasteiger partial charge in [0.2, 0.25) is 0 Å². The topological polar surface area (TPSA) is 23.8 Å². The molecule has 2 aromatic rings. The van der Waals surface area contributed by atoms with Crippen LogP contribution in [0.3, 0.4) is 0 Å². The van der Waals surface area contributed by atoms with Gasteiger partial charge in [-0.25, -0.2) is 0 Å². The number of rotatable bonds is 4. The van der Waals surface area contributed by atoms with Gasteiger partial charge in [-0.15, -0.1) is 11.3 Å². The van der Waals surface area contributed by atoms with E-state index in [2.05, 4.69) is 31.2 Å². The molecule has 1 nitrogen and oxygen atoms in total. The molecule has 0 aliphatic carbocycles. The zero-order valence-corrected chi connectivity index (χ0v) is 11.3. The van der Waals surface area contributed by atoms with E-state index >= 15 is 0 Å². The second-order valence-electron chi connectivity index (χ2n) is 3.63. The largest absolute Gasteiger partial charge is 0.198 e. The van der Waals surface area contributed by atoms with E-state index in [0.717, 1.165) is 6.42 Å². The third-order valence-corrected chi connectivity index (χ3v) is 4.96. The van der Waals surface area contributed by atoms with E-state index in [1.54, 1.807) is 23.1 Å². The van der Waals surface area contributed by atoms with E-state index in [4.69, 9.17) is 5.26 Å². The van der Waals surface area contributed by atoms with Crippen LogP contribution in [0, 0.1) is 11.3 Å². The first-order valence-corrected chi connectivity index (χ1v) is 7.18. The van der Waals surface area contributed by atoms with Crippen molar-refractivity contribution >= 4 is 23.1 Å².